The molecule has 0 bridgehead atoms. The number of hydrogen-bond donors (Lipinski definition) is 0. The first-order valence-electron chi connectivity index (χ1n) is 10.8. The monoisotopic (exact) mass is 437 g/mol. The first-order chi connectivity index (χ1) is 15.4. The van der Waals surface area contributed by atoms with Gasteiger partial charge in [0.15, 0.2) is 0 Å². The van der Waals surface area contributed by atoms with E-state index in [9.17, 15) is 13.2 Å². The van der Waals surface area contributed by atoms with Crippen LogP contribution in [0.4, 0.5) is 13.2 Å². The number of ether oxygens (including phenoxy) is 1. The summed E-state index contributed by atoms with van der Waals surface area (Å²) < 4.78 is 44.8. The molecule has 1 aliphatic rings. The van der Waals surface area contributed by atoms with Gasteiger partial charge in [0.2, 0.25) is 0 Å². The van der Waals surface area contributed by atoms with Crippen molar-refractivity contribution in [2.45, 2.75) is 44.8 Å². The van der Waals surface area contributed by atoms with Crippen LogP contribution in [0.25, 0.3) is 5.76 Å². The molecule has 3 aromatic carbocycles. The van der Waals surface area contributed by atoms with E-state index in [1.165, 1.54) is 23.3 Å². The van der Waals surface area contributed by atoms with Crippen molar-refractivity contribution in [2.24, 2.45) is 0 Å². The highest BCUT2D eigenvalue weighted by Gasteiger charge is 2.32. The molecule has 4 rings (SSSR count). The fourth-order valence-electron chi connectivity index (χ4n) is 4.00. The van der Waals surface area contributed by atoms with Gasteiger partial charge in [0.25, 0.3) is 0 Å². The Hall–Kier alpha value is -3.05. The van der Waals surface area contributed by atoms with Gasteiger partial charge in [0, 0.05) is 31.1 Å². The fourth-order valence-corrected chi connectivity index (χ4v) is 4.00. The van der Waals surface area contributed by atoms with Gasteiger partial charge in [-0.05, 0) is 36.3 Å². The zero-order valence-corrected chi connectivity index (χ0v) is 17.9. The molecule has 0 spiro atoms. The highest BCUT2D eigenvalue weighted by molar-refractivity contribution is 5.62. The van der Waals surface area contributed by atoms with Crippen molar-refractivity contribution in [3.63, 3.8) is 0 Å². The minimum Gasteiger partial charge on any atom is -0.488 e. The summed E-state index contributed by atoms with van der Waals surface area (Å²) in [5.74, 6) is 0.648. The van der Waals surface area contributed by atoms with Crippen LogP contribution in [-0.2, 0) is 24.0 Å². The molecule has 2 atom stereocenters. The molecule has 0 N–H and O–H groups in total. The summed E-state index contributed by atoms with van der Waals surface area (Å²) >= 11 is 0. The van der Waals surface area contributed by atoms with Crippen LogP contribution in [0.3, 0.4) is 0 Å². The van der Waals surface area contributed by atoms with E-state index in [4.69, 9.17) is 4.74 Å². The average molecular weight is 438 g/mol. The molecule has 0 saturated heterocycles. The third-order valence-electron chi connectivity index (χ3n) is 5.88. The standard InChI is InChI=1S/C27H26F3NO/c1-20(25-16-17-26(32-25)23-12-14-24(15-13-23)27(28,29)30)31(18-21-8-4-2-5-9-21)19-22-10-6-3-7-11-22/h2-15,17,20,25H,16,18-19H2,1H3/t20?,25-/m0/s1. The van der Waals surface area contributed by atoms with Gasteiger partial charge >= 0.3 is 6.18 Å². The summed E-state index contributed by atoms with van der Waals surface area (Å²) in [6.45, 7) is 3.72. The van der Waals surface area contributed by atoms with Crippen molar-refractivity contribution >= 4 is 5.76 Å². The lowest BCUT2D eigenvalue weighted by Crippen LogP contribution is -2.40. The molecule has 1 aliphatic heterocycles. The Labute approximate surface area is 187 Å². The second kappa shape index (κ2) is 9.61. The Morgan fingerprint density at radius 1 is 0.844 bits per heavy atom. The Kier molecular flexibility index (Phi) is 6.66. The van der Waals surface area contributed by atoms with Crippen molar-refractivity contribution in [1.82, 2.24) is 4.90 Å². The number of alkyl halides is 3. The van der Waals surface area contributed by atoms with E-state index in [1.54, 1.807) is 0 Å². The van der Waals surface area contributed by atoms with Crippen LogP contribution in [0, 0.1) is 0 Å². The lowest BCUT2D eigenvalue weighted by Gasteiger charge is -2.33. The highest BCUT2D eigenvalue weighted by Crippen LogP contribution is 2.33. The summed E-state index contributed by atoms with van der Waals surface area (Å²) in [6.07, 6.45) is -1.71. The average Bonchev–Trinajstić information content (AvgIpc) is 3.29. The van der Waals surface area contributed by atoms with E-state index in [0.29, 0.717) is 11.3 Å². The normalized spacial score (nSPS) is 17.2. The first-order valence-corrected chi connectivity index (χ1v) is 10.8. The van der Waals surface area contributed by atoms with Crippen LogP contribution in [0.15, 0.2) is 91.0 Å². The molecule has 1 heterocycles. The van der Waals surface area contributed by atoms with E-state index in [2.05, 4.69) is 36.1 Å². The molecule has 3 aromatic rings. The van der Waals surface area contributed by atoms with E-state index in [1.807, 2.05) is 42.5 Å². The van der Waals surface area contributed by atoms with Gasteiger partial charge in [-0.15, -0.1) is 0 Å². The molecule has 32 heavy (non-hydrogen) atoms. The SMILES string of the molecule is CC([C@@H]1CC=C(c2ccc(C(F)(F)F)cc2)O1)N(Cc1ccccc1)Cc1ccccc1. The van der Waals surface area contributed by atoms with Crippen molar-refractivity contribution < 1.29 is 17.9 Å². The fraction of sp³-hybridized carbons (Fsp3) is 0.259. The Morgan fingerprint density at radius 2 is 1.38 bits per heavy atom. The zero-order valence-electron chi connectivity index (χ0n) is 17.9. The van der Waals surface area contributed by atoms with Gasteiger partial charge in [-0.25, -0.2) is 0 Å². The van der Waals surface area contributed by atoms with Crippen LogP contribution in [0.5, 0.6) is 0 Å². The van der Waals surface area contributed by atoms with Gasteiger partial charge in [-0.3, -0.25) is 4.90 Å². The van der Waals surface area contributed by atoms with Crippen molar-refractivity contribution in [3.05, 3.63) is 113 Å². The smallest absolute Gasteiger partial charge is 0.416 e. The Balaban J connectivity index is 1.47. The van der Waals surface area contributed by atoms with Crippen molar-refractivity contribution in [2.75, 3.05) is 0 Å². The lowest BCUT2D eigenvalue weighted by molar-refractivity contribution is -0.137. The summed E-state index contributed by atoms with van der Waals surface area (Å²) in [6, 6.07) is 25.9. The minimum atomic E-state index is -4.34. The highest BCUT2D eigenvalue weighted by atomic mass is 19.4. The maximum atomic E-state index is 12.9. The van der Waals surface area contributed by atoms with Crippen LogP contribution in [0.2, 0.25) is 0 Å². The lowest BCUT2D eigenvalue weighted by atomic mass is 10.1. The van der Waals surface area contributed by atoms with E-state index >= 15 is 0 Å². The Morgan fingerprint density at radius 3 is 1.88 bits per heavy atom. The summed E-state index contributed by atoms with van der Waals surface area (Å²) in [7, 11) is 0. The van der Waals surface area contributed by atoms with Gasteiger partial charge in [0.05, 0.1) is 5.56 Å². The number of hydrogen-bond acceptors (Lipinski definition) is 2. The molecule has 0 aromatic heterocycles. The Bertz CT molecular complexity index is 989. The van der Waals surface area contributed by atoms with E-state index in [0.717, 1.165) is 31.6 Å². The third kappa shape index (κ3) is 5.40. The van der Waals surface area contributed by atoms with Gasteiger partial charge in [-0.2, -0.15) is 13.2 Å². The molecular weight excluding hydrogens is 411 g/mol. The van der Waals surface area contributed by atoms with Crippen LogP contribution in [-0.4, -0.2) is 17.0 Å². The number of rotatable bonds is 7. The third-order valence-corrected chi connectivity index (χ3v) is 5.88. The molecule has 1 unspecified atom stereocenters. The van der Waals surface area contributed by atoms with E-state index in [-0.39, 0.29) is 12.1 Å². The van der Waals surface area contributed by atoms with Gasteiger partial charge in [-0.1, -0.05) is 72.8 Å². The van der Waals surface area contributed by atoms with Crippen molar-refractivity contribution in [1.29, 1.82) is 0 Å². The second-order valence-electron chi connectivity index (χ2n) is 8.15. The molecule has 0 fully saturated rings. The molecule has 0 radical (unpaired) electrons. The molecule has 166 valence electrons. The molecule has 0 saturated carbocycles. The van der Waals surface area contributed by atoms with Crippen LogP contribution < -0.4 is 0 Å². The molecule has 0 aliphatic carbocycles. The summed E-state index contributed by atoms with van der Waals surface area (Å²) in [4.78, 5) is 2.39. The topological polar surface area (TPSA) is 12.5 Å². The van der Waals surface area contributed by atoms with Crippen molar-refractivity contribution in [3.8, 4) is 0 Å². The van der Waals surface area contributed by atoms with Crippen LogP contribution in [0.1, 0.15) is 35.6 Å². The first kappa shape index (κ1) is 22.2. The largest absolute Gasteiger partial charge is 0.488 e. The van der Waals surface area contributed by atoms with E-state index < -0.39 is 11.7 Å². The predicted molar refractivity (Wildman–Crippen MR) is 121 cm³/mol. The zero-order chi connectivity index (χ0) is 22.6. The molecule has 2 nitrogen and oxygen atoms in total. The summed E-state index contributed by atoms with van der Waals surface area (Å²) in [5, 5.41) is 0. The number of halogens is 3. The predicted octanol–water partition coefficient (Wildman–Crippen LogP) is 6.93. The maximum absolute atomic E-state index is 12.9. The maximum Gasteiger partial charge on any atom is 0.416 e. The number of benzene rings is 3. The molecule has 0 amide bonds. The molecule has 5 heteroatoms. The van der Waals surface area contributed by atoms with Crippen LogP contribution >= 0.6 is 0 Å². The van der Waals surface area contributed by atoms with Gasteiger partial charge in [0.1, 0.15) is 11.9 Å². The molecular formula is C27H26F3NO. The minimum absolute atomic E-state index is 0.0697. The van der Waals surface area contributed by atoms with Gasteiger partial charge < -0.3 is 4.74 Å². The second-order valence-corrected chi connectivity index (χ2v) is 8.15. The summed E-state index contributed by atoms with van der Waals surface area (Å²) in [5.41, 5.74) is 2.47. The quantitative estimate of drug-likeness (QED) is 0.398. The number of nitrogens with zero attached hydrogens (tertiary/aromatic N) is 1.